The zero-order chi connectivity index (χ0) is 36.2. The van der Waals surface area contributed by atoms with Gasteiger partial charge >= 0.3 is 0 Å². The lowest BCUT2D eigenvalue weighted by Gasteiger charge is -2.24. The van der Waals surface area contributed by atoms with Crippen molar-refractivity contribution in [1.29, 1.82) is 0 Å². The molecule has 254 valence electrons. The summed E-state index contributed by atoms with van der Waals surface area (Å²) in [5.41, 5.74) is 14.4. The highest BCUT2D eigenvalue weighted by Crippen LogP contribution is 2.54. The summed E-state index contributed by atoms with van der Waals surface area (Å²) in [5, 5.41) is 7.70. The summed E-state index contributed by atoms with van der Waals surface area (Å²) in [6, 6.07) is 69.3. The van der Waals surface area contributed by atoms with E-state index < -0.39 is 0 Å². The van der Waals surface area contributed by atoms with Crippen LogP contribution in [0.4, 0.5) is 0 Å². The third-order valence-corrected chi connectivity index (χ3v) is 11.8. The predicted octanol–water partition coefficient (Wildman–Crippen LogP) is 11.8. The van der Waals surface area contributed by atoms with Gasteiger partial charge in [-0.1, -0.05) is 224 Å². The van der Waals surface area contributed by atoms with Crippen molar-refractivity contribution in [2.45, 2.75) is 19.3 Å². The maximum absolute atomic E-state index is 2.51. The van der Waals surface area contributed by atoms with Gasteiger partial charge in [-0.05, 0) is 82.9 Å². The number of benzene rings is 9. The van der Waals surface area contributed by atoms with Gasteiger partial charge in [0.05, 0.1) is 0 Å². The average molecular weight is 687 g/mol. The molecule has 0 radical (unpaired) electrons. The summed E-state index contributed by atoms with van der Waals surface area (Å²) in [6.45, 7) is 4.95. The fraction of sp³-hybridized carbons (Fsp3) is 0.0566. The summed E-state index contributed by atoms with van der Waals surface area (Å²) >= 11 is 0. The maximum Gasteiger partial charge on any atom is 0.241 e. The van der Waals surface area contributed by atoms with Gasteiger partial charge in [0.1, 0.15) is 0 Å². The minimum absolute atomic E-state index is 0.100. The fourth-order valence-corrected chi connectivity index (χ4v) is 9.24. The van der Waals surface area contributed by atoms with Crippen molar-refractivity contribution in [2.75, 3.05) is 0 Å². The molecule has 0 atom stereocenters. The first-order chi connectivity index (χ1) is 26.6. The van der Waals surface area contributed by atoms with Crippen molar-refractivity contribution < 1.29 is 0 Å². The van der Waals surface area contributed by atoms with Crippen LogP contribution in [0.1, 0.15) is 36.1 Å². The Hall–Kier alpha value is -6.44. The quantitative estimate of drug-likeness (QED) is 0.0928. The van der Waals surface area contributed by atoms with E-state index in [2.05, 4.69) is 214 Å². The highest BCUT2D eigenvalue weighted by atomic mass is 14.4. The van der Waals surface area contributed by atoms with Gasteiger partial charge in [0.2, 0.25) is 6.71 Å². The van der Waals surface area contributed by atoms with E-state index in [0.29, 0.717) is 0 Å². The topological polar surface area (TPSA) is 0 Å². The van der Waals surface area contributed by atoms with Gasteiger partial charge in [0.15, 0.2) is 0 Å². The van der Waals surface area contributed by atoms with Crippen LogP contribution in [0.5, 0.6) is 0 Å². The van der Waals surface area contributed by atoms with Crippen molar-refractivity contribution in [3.05, 3.63) is 210 Å². The first-order valence-electron chi connectivity index (χ1n) is 19.1. The third-order valence-electron chi connectivity index (χ3n) is 11.8. The molecular weight excluding hydrogens is 647 g/mol. The van der Waals surface area contributed by atoms with Crippen molar-refractivity contribution in [3.63, 3.8) is 0 Å². The lowest BCUT2D eigenvalue weighted by atomic mass is 9.37. The minimum Gasteiger partial charge on any atom is -0.0687 e. The molecule has 0 unspecified atom stereocenters. The third kappa shape index (κ3) is 5.15. The number of hydrogen-bond donors (Lipinski definition) is 0. The summed E-state index contributed by atoms with van der Waals surface area (Å²) in [7, 11) is 0. The summed E-state index contributed by atoms with van der Waals surface area (Å²) in [6.07, 6.45) is 4.61. The molecular formula is C53H39B. The lowest BCUT2D eigenvalue weighted by molar-refractivity contribution is 0.661. The monoisotopic (exact) mass is 686 g/mol. The van der Waals surface area contributed by atoms with Crippen molar-refractivity contribution >= 4 is 67.6 Å². The molecule has 0 aromatic heterocycles. The molecule has 9 aromatic rings. The Morgan fingerprint density at radius 3 is 1.43 bits per heavy atom. The second-order valence-corrected chi connectivity index (χ2v) is 15.2. The lowest BCUT2D eigenvalue weighted by Crippen LogP contribution is -2.51. The van der Waals surface area contributed by atoms with Crippen LogP contribution in [0.15, 0.2) is 188 Å². The second kappa shape index (κ2) is 12.9. The molecule has 0 nitrogen and oxygen atoms in total. The molecule has 0 heterocycles. The molecule has 1 aliphatic carbocycles. The Bertz CT molecular complexity index is 2780. The maximum atomic E-state index is 2.51. The first-order valence-corrected chi connectivity index (χ1v) is 19.1. The summed E-state index contributed by atoms with van der Waals surface area (Å²) < 4.78 is 0. The van der Waals surface area contributed by atoms with Crippen molar-refractivity contribution in [1.82, 2.24) is 0 Å². The number of hydrogen-bond acceptors (Lipinski definition) is 0. The highest BCUT2D eigenvalue weighted by Gasteiger charge is 2.37. The molecule has 0 spiro atoms. The molecule has 1 heteroatoms. The van der Waals surface area contributed by atoms with Crippen LogP contribution in [0, 0.1) is 0 Å². The smallest absolute Gasteiger partial charge is 0.0687 e. The average Bonchev–Trinajstić information content (AvgIpc) is 3.46. The van der Waals surface area contributed by atoms with Gasteiger partial charge in [-0.25, -0.2) is 0 Å². The van der Waals surface area contributed by atoms with E-state index in [4.69, 9.17) is 0 Å². The molecule has 0 fully saturated rings. The van der Waals surface area contributed by atoms with Crippen LogP contribution in [-0.2, 0) is 5.41 Å². The van der Waals surface area contributed by atoms with E-state index in [1.54, 1.807) is 0 Å². The van der Waals surface area contributed by atoms with Crippen LogP contribution >= 0.6 is 0 Å². The molecule has 0 saturated carbocycles. The van der Waals surface area contributed by atoms with E-state index in [1.807, 2.05) is 0 Å². The van der Waals surface area contributed by atoms with Gasteiger partial charge in [-0.2, -0.15) is 0 Å². The molecule has 0 saturated heterocycles. The van der Waals surface area contributed by atoms with Crippen molar-refractivity contribution in [2.24, 2.45) is 0 Å². The predicted molar refractivity (Wildman–Crippen MR) is 235 cm³/mol. The van der Waals surface area contributed by atoms with Crippen molar-refractivity contribution in [3.8, 4) is 22.3 Å². The standard InChI is InChI=1S/C53H39B/c1-53(2)49-28-16-15-27-47(49)52-46-26-14-11-23-42(46)48(35-50(52)53)51-44-24-12-9-21-40(44)43(41-22-10-13-25-45(41)51)34-31-36-29-32-39(33-30-36)54(37-17-5-3-6-18-37)38-19-7-4-8-20-38/h3-35H,1-2H3/b34-31+. The molecule has 1 aliphatic rings. The van der Waals surface area contributed by atoms with Gasteiger partial charge in [0.25, 0.3) is 0 Å². The molecule has 10 rings (SSSR count). The molecule has 54 heavy (non-hydrogen) atoms. The van der Waals surface area contributed by atoms with Crippen LogP contribution in [-0.4, -0.2) is 6.71 Å². The van der Waals surface area contributed by atoms with Gasteiger partial charge in [-0.15, -0.1) is 0 Å². The molecule has 9 aromatic carbocycles. The van der Waals surface area contributed by atoms with E-state index in [1.165, 1.54) is 93.2 Å². The van der Waals surface area contributed by atoms with Crippen LogP contribution in [0.3, 0.4) is 0 Å². The van der Waals surface area contributed by atoms with Crippen LogP contribution < -0.4 is 16.4 Å². The van der Waals surface area contributed by atoms with Gasteiger partial charge < -0.3 is 0 Å². The van der Waals surface area contributed by atoms with E-state index in [-0.39, 0.29) is 12.1 Å². The fourth-order valence-electron chi connectivity index (χ4n) is 9.24. The Kier molecular flexibility index (Phi) is 7.70. The zero-order valence-electron chi connectivity index (χ0n) is 30.6. The Balaban J connectivity index is 1.12. The number of fused-ring (bicyclic) bond motifs is 7. The summed E-state index contributed by atoms with van der Waals surface area (Å²) in [5.74, 6) is 0. The number of rotatable bonds is 6. The van der Waals surface area contributed by atoms with E-state index in [0.717, 1.165) is 0 Å². The molecule has 0 amide bonds. The Labute approximate surface area is 318 Å². The van der Waals surface area contributed by atoms with E-state index in [9.17, 15) is 0 Å². The minimum atomic E-state index is -0.100. The normalized spacial score (nSPS) is 13.1. The SMILES string of the molecule is CC1(C)c2ccccc2-c2c1cc(-c1c3ccccc3c(/C=C/c3ccc(B(c4ccccc4)c4ccccc4)cc3)c3ccccc13)c1ccccc21. The summed E-state index contributed by atoms with van der Waals surface area (Å²) in [4.78, 5) is 0. The Morgan fingerprint density at radius 2 is 0.833 bits per heavy atom. The Morgan fingerprint density at radius 1 is 0.370 bits per heavy atom. The van der Waals surface area contributed by atoms with E-state index >= 15 is 0 Å². The second-order valence-electron chi connectivity index (χ2n) is 15.2. The van der Waals surface area contributed by atoms with Crippen LogP contribution in [0.2, 0.25) is 0 Å². The van der Waals surface area contributed by atoms with Gasteiger partial charge in [-0.3, -0.25) is 0 Å². The molecule has 0 N–H and O–H groups in total. The largest absolute Gasteiger partial charge is 0.241 e. The molecule has 0 aliphatic heterocycles. The first kappa shape index (κ1) is 32.2. The zero-order valence-corrected chi connectivity index (χ0v) is 30.6. The molecule has 0 bridgehead atoms. The van der Waals surface area contributed by atoms with Gasteiger partial charge in [0, 0.05) is 5.41 Å². The highest BCUT2D eigenvalue weighted by molar-refractivity contribution is 6.95. The van der Waals surface area contributed by atoms with Crippen LogP contribution in [0.25, 0.3) is 66.7 Å².